The first-order chi connectivity index (χ1) is 11.0. The minimum atomic E-state index is -0.792. The first-order valence-corrected chi connectivity index (χ1v) is 7.11. The van der Waals surface area contributed by atoms with Crippen molar-refractivity contribution in [2.24, 2.45) is 5.73 Å². The van der Waals surface area contributed by atoms with Crippen LogP contribution >= 0.6 is 0 Å². The van der Waals surface area contributed by atoms with Gasteiger partial charge in [-0.3, -0.25) is 0 Å². The van der Waals surface area contributed by atoms with Gasteiger partial charge in [-0.25, -0.2) is 14.2 Å². The highest BCUT2D eigenvalue weighted by atomic mass is 19.1. The predicted octanol–water partition coefficient (Wildman–Crippen LogP) is 3.30. The molecule has 23 heavy (non-hydrogen) atoms. The van der Waals surface area contributed by atoms with E-state index >= 15 is 0 Å². The molecule has 0 saturated heterocycles. The summed E-state index contributed by atoms with van der Waals surface area (Å²) >= 11 is 0. The van der Waals surface area contributed by atoms with E-state index in [1.807, 2.05) is 0 Å². The monoisotopic (exact) mass is 310 g/mol. The molecule has 0 bridgehead atoms. The third-order valence-corrected chi connectivity index (χ3v) is 3.75. The molecule has 0 aliphatic rings. The summed E-state index contributed by atoms with van der Waals surface area (Å²) in [6, 6.07) is 9.36. The number of rotatable bonds is 3. The van der Waals surface area contributed by atoms with Gasteiger partial charge >= 0.3 is 0 Å². The van der Waals surface area contributed by atoms with Gasteiger partial charge in [-0.05, 0) is 24.6 Å². The van der Waals surface area contributed by atoms with Crippen molar-refractivity contribution in [3.05, 3.63) is 59.5 Å². The molecule has 2 atom stereocenters. The molecule has 116 valence electrons. The summed E-state index contributed by atoms with van der Waals surface area (Å²) in [6.45, 7) is 8.51. The molecule has 0 saturated carbocycles. The number of nitrogens with zero attached hydrogens (tertiary/aromatic N) is 2. The van der Waals surface area contributed by atoms with Crippen LogP contribution in [0.4, 0.5) is 10.1 Å². The molecule has 0 fully saturated rings. The fourth-order valence-corrected chi connectivity index (χ4v) is 2.39. The van der Waals surface area contributed by atoms with Crippen LogP contribution in [0, 0.1) is 12.4 Å². The van der Waals surface area contributed by atoms with Crippen molar-refractivity contribution in [2.45, 2.75) is 19.1 Å². The van der Waals surface area contributed by atoms with Crippen molar-refractivity contribution in [1.29, 1.82) is 0 Å². The van der Waals surface area contributed by atoms with E-state index in [1.54, 1.807) is 43.3 Å². The van der Waals surface area contributed by atoms with E-state index in [0.717, 1.165) is 0 Å². The molecule has 0 spiro atoms. The van der Waals surface area contributed by atoms with E-state index < -0.39 is 18.0 Å². The Morgan fingerprint density at radius 1 is 1.26 bits per heavy atom. The quantitative estimate of drug-likeness (QED) is 0.649. The second kappa shape index (κ2) is 5.80. The van der Waals surface area contributed by atoms with Crippen LogP contribution in [0.2, 0.25) is 0 Å². The van der Waals surface area contributed by atoms with Crippen molar-refractivity contribution in [3.8, 4) is 11.1 Å². The zero-order chi connectivity index (χ0) is 16.6. The van der Waals surface area contributed by atoms with Gasteiger partial charge in [0.2, 0.25) is 0 Å². The summed E-state index contributed by atoms with van der Waals surface area (Å²) in [5.74, 6) is -0.118. The number of nitrogens with one attached hydrogen (secondary N) is 1. The third kappa shape index (κ3) is 2.68. The van der Waals surface area contributed by atoms with Crippen LogP contribution in [0.15, 0.2) is 36.4 Å². The smallest absolute Gasteiger partial charge is 0.187 e. The number of aliphatic hydroxyl groups excluding tert-OH is 1. The summed E-state index contributed by atoms with van der Waals surface area (Å²) in [6.07, 6.45) is -0.792. The van der Waals surface area contributed by atoms with Crippen molar-refractivity contribution in [3.63, 3.8) is 0 Å². The van der Waals surface area contributed by atoms with E-state index in [4.69, 9.17) is 12.3 Å². The van der Waals surface area contributed by atoms with Gasteiger partial charge in [0.05, 0.1) is 24.2 Å². The van der Waals surface area contributed by atoms with Gasteiger partial charge in [0.15, 0.2) is 11.5 Å². The van der Waals surface area contributed by atoms with Crippen molar-refractivity contribution in [1.82, 2.24) is 9.97 Å². The molecule has 6 heteroatoms. The molecule has 4 N–H and O–H groups in total. The van der Waals surface area contributed by atoms with E-state index in [1.165, 1.54) is 0 Å². The Bertz CT molecular complexity index is 893. The van der Waals surface area contributed by atoms with Gasteiger partial charge in [0, 0.05) is 5.56 Å². The fraction of sp³-hybridized carbons (Fsp3) is 0.176. The van der Waals surface area contributed by atoms with Gasteiger partial charge in [0.1, 0.15) is 11.3 Å². The summed E-state index contributed by atoms with van der Waals surface area (Å²) in [5, 5.41) is 9.55. The first kappa shape index (κ1) is 15.2. The van der Waals surface area contributed by atoms with Crippen LogP contribution in [0.5, 0.6) is 0 Å². The lowest BCUT2D eigenvalue weighted by molar-refractivity contribution is 0.161. The number of aromatic nitrogens is 2. The van der Waals surface area contributed by atoms with Crippen LogP contribution in [0.1, 0.15) is 18.8 Å². The van der Waals surface area contributed by atoms with Crippen molar-refractivity contribution in [2.75, 3.05) is 0 Å². The van der Waals surface area contributed by atoms with Gasteiger partial charge in [-0.1, -0.05) is 24.3 Å². The number of hydrogen-bond donors (Lipinski definition) is 3. The maximum atomic E-state index is 14.8. The molecule has 0 amide bonds. The zero-order valence-corrected chi connectivity index (χ0v) is 12.4. The summed E-state index contributed by atoms with van der Waals surface area (Å²) in [7, 11) is 0. The average molecular weight is 310 g/mol. The molecule has 5 nitrogen and oxygen atoms in total. The number of aliphatic hydroxyl groups is 1. The molecule has 3 aromatic rings. The van der Waals surface area contributed by atoms with Crippen molar-refractivity contribution >= 4 is 16.7 Å². The molecule has 0 aliphatic carbocycles. The molecule has 1 aromatic heterocycles. The number of halogens is 1. The number of aromatic amines is 1. The predicted molar refractivity (Wildman–Crippen MR) is 86.4 cm³/mol. The molecular formula is C17H15FN4O. The molecule has 1 heterocycles. The second-order valence-electron chi connectivity index (χ2n) is 5.37. The Morgan fingerprint density at radius 3 is 2.57 bits per heavy atom. The molecule has 2 aromatic carbocycles. The Labute approximate surface area is 132 Å². The topological polar surface area (TPSA) is 79.3 Å². The minimum Gasteiger partial charge on any atom is -0.391 e. The van der Waals surface area contributed by atoms with Gasteiger partial charge < -0.3 is 15.8 Å². The Morgan fingerprint density at radius 2 is 1.96 bits per heavy atom. The highest BCUT2D eigenvalue weighted by Crippen LogP contribution is 2.30. The summed E-state index contributed by atoms with van der Waals surface area (Å²) in [5.41, 5.74) is 8.11. The van der Waals surface area contributed by atoms with Crippen LogP contribution in [-0.2, 0) is 0 Å². The highest BCUT2D eigenvalue weighted by molar-refractivity contribution is 5.83. The summed E-state index contributed by atoms with van der Waals surface area (Å²) < 4.78 is 14.8. The SMILES string of the molecule is [C-]#[N+]c1ccc(-c2ccc3[nH]c([C@@H](N)[C@@H](C)O)nc3c2F)cc1. The van der Waals surface area contributed by atoms with Crippen molar-refractivity contribution < 1.29 is 9.50 Å². The number of H-pyrrole nitrogens is 1. The van der Waals surface area contributed by atoms with Crippen LogP contribution in [0.3, 0.4) is 0 Å². The lowest BCUT2D eigenvalue weighted by Gasteiger charge is -2.10. The normalized spacial score (nSPS) is 13.7. The number of fused-ring (bicyclic) bond motifs is 1. The Hall–Kier alpha value is -2.75. The minimum absolute atomic E-state index is 0.183. The van der Waals surface area contributed by atoms with E-state index in [-0.39, 0.29) is 5.52 Å². The Balaban J connectivity index is 2.09. The average Bonchev–Trinajstić information content (AvgIpc) is 2.99. The van der Waals surface area contributed by atoms with E-state index in [2.05, 4.69) is 14.8 Å². The maximum absolute atomic E-state index is 14.8. The fourth-order valence-electron chi connectivity index (χ4n) is 2.39. The maximum Gasteiger partial charge on any atom is 0.187 e. The first-order valence-electron chi connectivity index (χ1n) is 7.11. The van der Waals surface area contributed by atoms with Crippen LogP contribution in [0.25, 0.3) is 27.0 Å². The van der Waals surface area contributed by atoms with E-state index in [9.17, 15) is 9.50 Å². The number of imidazole rings is 1. The molecular weight excluding hydrogens is 295 g/mol. The van der Waals surface area contributed by atoms with Crippen LogP contribution < -0.4 is 5.73 Å². The molecule has 0 radical (unpaired) electrons. The molecule has 0 unspecified atom stereocenters. The molecule has 0 aliphatic heterocycles. The highest BCUT2D eigenvalue weighted by Gasteiger charge is 2.19. The number of benzene rings is 2. The number of hydrogen-bond acceptors (Lipinski definition) is 3. The Kier molecular flexibility index (Phi) is 3.82. The zero-order valence-electron chi connectivity index (χ0n) is 12.4. The van der Waals surface area contributed by atoms with Gasteiger partial charge in [0.25, 0.3) is 0 Å². The second-order valence-corrected chi connectivity index (χ2v) is 5.37. The largest absolute Gasteiger partial charge is 0.391 e. The van der Waals surface area contributed by atoms with Gasteiger partial charge in [-0.2, -0.15) is 0 Å². The lowest BCUT2D eigenvalue weighted by atomic mass is 10.0. The van der Waals surface area contributed by atoms with Gasteiger partial charge in [-0.15, -0.1) is 0 Å². The standard InChI is InChI=1S/C17H15FN4O/c1-9(23)15(19)17-21-13-8-7-12(14(18)16(13)22-17)10-3-5-11(20-2)6-4-10/h3-9,15,23H,19H2,1H3,(H,21,22)/t9-,15+/m1/s1. The molecule has 3 rings (SSSR count). The summed E-state index contributed by atoms with van der Waals surface area (Å²) in [4.78, 5) is 10.4. The lowest BCUT2D eigenvalue weighted by Crippen LogP contribution is -2.24. The van der Waals surface area contributed by atoms with E-state index in [0.29, 0.717) is 28.2 Å². The van der Waals surface area contributed by atoms with Crippen LogP contribution in [-0.4, -0.2) is 21.2 Å². The number of nitrogens with two attached hydrogens (primary N) is 1. The third-order valence-electron chi connectivity index (χ3n) is 3.75.